The maximum atomic E-state index is 9.31. The SMILES string of the molecule is Cc1nc(SCc2ccc(O)c(N)c2)oc1C. The fourth-order valence-corrected chi connectivity index (χ4v) is 2.20. The molecule has 0 bridgehead atoms. The van der Waals surface area contributed by atoms with Crippen molar-refractivity contribution in [3.05, 3.63) is 35.2 Å². The fraction of sp³-hybridized carbons (Fsp3) is 0.250. The highest BCUT2D eigenvalue weighted by Gasteiger charge is 2.07. The van der Waals surface area contributed by atoms with Crippen LogP contribution in [0.5, 0.6) is 5.75 Å². The summed E-state index contributed by atoms with van der Waals surface area (Å²) in [6.45, 7) is 3.81. The number of thioether (sulfide) groups is 1. The van der Waals surface area contributed by atoms with Crippen LogP contribution in [0.25, 0.3) is 0 Å². The van der Waals surface area contributed by atoms with Gasteiger partial charge in [0.25, 0.3) is 5.22 Å². The summed E-state index contributed by atoms with van der Waals surface area (Å²) in [5, 5.41) is 9.96. The molecule has 90 valence electrons. The van der Waals surface area contributed by atoms with Crippen LogP contribution in [0.1, 0.15) is 17.0 Å². The molecule has 0 spiro atoms. The number of hydrogen-bond acceptors (Lipinski definition) is 5. The number of nitrogens with zero attached hydrogens (tertiary/aromatic N) is 1. The topological polar surface area (TPSA) is 72.3 Å². The average molecular weight is 250 g/mol. The maximum Gasteiger partial charge on any atom is 0.256 e. The molecule has 2 aromatic rings. The molecule has 0 radical (unpaired) electrons. The molecular weight excluding hydrogens is 236 g/mol. The second-order valence-corrected chi connectivity index (χ2v) is 4.73. The van der Waals surface area contributed by atoms with E-state index in [1.54, 1.807) is 12.1 Å². The number of phenolic OH excluding ortho intramolecular Hbond substituents is 1. The Balaban J connectivity index is 2.04. The monoisotopic (exact) mass is 250 g/mol. The molecule has 0 aliphatic heterocycles. The largest absolute Gasteiger partial charge is 0.506 e. The Morgan fingerprint density at radius 3 is 2.76 bits per heavy atom. The van der Waals surface area contributed by atoms with Crippen molar-refractivity contribution in [3.63, 3.8) is 0 Å². The number of nitrogens with two attached hydrogens (primary N) is 1. The van der Waals surface area contributed by atoms with E-state index in [-0.39, 0.29) is 5.75 Å². The molecule has 0 aliphatic rings. The van der Waals surface area contributed by atoms with Crippen molar-refractivity contribution in [1.29, 1.82) is 0 Å². The number of oxazole rings is 1. The van der Waals surface area contributed by atoms with E-state index in [9.17, 15) is 5.11 Å². The number of aromatic hydroxyl groups is 1. The van der Waals surface area contributed by atoms with Crippen LogP contribution >= 0.6 is 11.8 Å². The quantitative estimate of drug-likeness (QED) is 0.498. The van der Waals surface area contributed by atoms with E-state index < -0.39 is 0 Å². The molecule has 5 heteroatoms. The minimum absolute atomic E-state index is 0.113. The Labute approximate surface area is 104 Å². The summed E-state index contributed by atoms with van der Waals surface area (Å²) < 4.78 is 5.46. The number of hydrogen-bond donors (Lipinski definition) is 2. The van der Waals surface area contributed by atoms with Crippen LogP contribution in [-0.4, -0.2) is 10.1 Å². The third-order valence-electron chi connectivity index (χ3n) is 2.46. The number of benzene rings is 1. The van der Waals surface area contributed by atoms with Crippen LogP contribution in [0.4, 0.5) is 5.69 Å². The maximum absolute atomic E-state index is 9.31. The van der Waals surface area contributed by atoms with Crippen LogP contribution in [0.2, 0.25) is 0 Å². The summed E-state index contributed by atoms with van der Waals surface area (Å²) in [5.41, 5.74) is 7.95. The van der Waals surface area contributed by atoms with Crippen LogP contribution in [-0.2, 0) is 5.75 Å². The van der Waals surface area contributed by atoms with Gasteiger partial charge in [0, 0.05) is 5.75 Å². The highest BCUT2D eigenvalue weighted by Crippen LogP contribution is 2.27. The Bertz CT molecular complexity index is 518. The van der Waals surface area contributed by atoms with Gasteiger partial charge in [-0.25, -0.2) is 4.98 Å². The van der Waals surface area contributed by atoms with Crippen molar-refractivity contribution in [1.82, 2.24) is 4.98 Å². The van der Waals surface area contributed by atoms with Crippen molar-refractivity contribution in [2.75, 3.05) is 5.73 Å². The highest BCUT2D eigenvalue weighted by atomic mass is 32.2. The Morgan fingerprint density at radius 2 is 2.18 bits per heavy atom. The third kappa shape index (κ3) is 2.74. The normalized spacial score (nSPS) is 10.7. The van der Waals surface area contributed by atoms with Gasteiger partial charge in [-0.3, -0.25) is 0 Å². The predicted octanol–water partition coefficient (Wildman–Crippen LogP) is 2.87. The van der Waals surface area contributed by atoms with Gasteiger partial charge in [-0.1, -0.05) is 17.8 Å². The average Bonchev–Trinajstić information content (AvgIpc) is 2.60. The van der Waals surface area contributed by atoms with Gasteiger partial charge in [0.2, 0.25) is 0 Å². The number of rotatable bonds is 3. The minimum atomic E-state index is 0.113. The van der Waals surface area contributed by atoms with E-state index in [2.05, 4.69) is 4.98 Å². The summed E-state index contributed by atoms with van der Waals surface area (Å²) >= 11 is 1.51. The first-order valence-corrected chi connectivity index (χ1v) is 6.19. The number of phenols is 1. The van der Waals surface area contributed by atoms with E-state index in [4.69, 9.17) is 10.2 Å². The molecule has 1 aromatic carbocycles. The first kappa shape index (κ1) is 11.9. The zero-order chi connectivity index (χ0) is 12.4. The van der Waals surface area contributed by atoms with Gasteiger partial charge in [-0.05, 0) is 31.5 Å². The van der Waals surface area contributed by atoms with Crippen molar-refractivity contribution >= 4 is 17.4 Å². The third-order valence-corrected chi connectivity index (χ3v) is 3.36. The predicted molar refractivity (Wildman–Crippen MR) is 68.1 cm³/mol. The van der Waals surface area contributed by atoms with Crippen LogP contribution in [0, 0.1) is 13.8 Å². The Hall–Kier alpha value is -1.62. The highest BCUT2D eigenvalue weighted by molar-refractivity contribution is 7.98. The van der Waals surface area contributed by atoms with Gasteiger partial charge in [0.1, 0.15) is 11.5 Å². The molecule has 1 heterocycles. The van der Waals surface area contributed by atoms with Gasteiger partial charge in [0.15, 0.2) is 0 Å². The summed E-state index contributed by atoms with van der Waals surface area (Å²) in [6, 6.07) is 5.18. The number of aryl methyl sites for hydroxylation is 2. The summed E-state index contributed by atoms with van der Waals surface area (Å²) in [6.07, 6.45) is 0. The van der Waals surface area contributed by atoms with Gasteiger partial charge in [-0.15, -0.1) is 0 Å². The van der Waals surface area contributed by atoms with Gasteiger partial charge >= 0.3 is 0 Å². The number of aromatic nitrogens is 1. The first-order valence-electron chi connectivity index (χ1n) is 5.20. The standard InChI is InChI=1S/C12H14N2O2S/c1-7-8(2)16-12(14-7)17-6-9-3-4-11(15)10(13)5-9/h3-5,15H,6,13H2,1-2H3. The molecule has 0 fully saturated rings. The fourth-order valence-electron chi connectivity index (χ4n) is 1.34. The smallest absolute Gasteiger partial charge is 0.256 e. The van der Waals surface area contributed by atoms with Crippen LogP contribution < -0.4 is 5.73 Å². The lowest BCUT2D eigenvalue weighted by Crippen LogP contribution is -1.88. The first-order chi connectivity index (χ1) is 8.06. The molecule has 1 aromatic heterocycles. The molecule has 4 nitrogen and oxygen atoms in total. The van der Waals surface area contributed by atoms with Crippen LogP contribution in [0.15, 0.2) is 27.8 Å². The molecule has 0 aliphatic carbocycles. The Morgan fingerprint density at radius 1 is 1.41 bits per heavy atom. The molecule has 0 amide bonds. The lowest BCUT2D eigenvalue weighted by molar-refractivity contribution is 0.431. The molecule has 0 saturated heterocycles. The molecule has 0 atom stereocenters. The zero-order valence-corrected chi connectivity index (χ0v) is 10.5. The minimum Gasteiger partial charge on any atom is -0.506 e. The summed E-state index contributed by atoms with van der Waals surface area (Å²) in [4.78, 5) is 4.28. The summed E-state index contributed by atoms with van der Waals surface area (Å²) in [5.74, 6) is 1.67. The van der Waals surface area contributed by atoms with E-state index >= 15 is 0 Å². The van der Waals surface area contributed by atoms with E-state index in [0.717, 1.165) is 17.0 Å². The van der Waals surface area contributed by atoms with Crippen molar-refractivity contribution < 1.29 is 9.52 Å². The number of anilines is 1. The number of nitrogen functional groups attached to an aromatic ring is 1. The van der Waals surface area contributed by atoms with E-state index in [1.807, 2.05) is 19.9 Å². The second kappa shape index (κ2) is 4.71. The van der Waals surface area contributed by atoms with Gasteiger partial charge < -0.3 is 15.3 Å². The second-order valence-electron chi connectivity index (χ2n) is 3.80. The zero-order valence-electron chi connectivity index (χ0n) is 9.73. The lowest BCUT2D eigenvalue weighted by atomic mass is 10.2. The van der Waals surface area contributed by atoms with Crippen molar-refractivity contribution in [2.45, 2.75) is 24.8 Å². The lowest BCUT2D eigenvalue weighted by Gasteiger charge is -2.02. The summed E-state index contributed by atoms with van der Waals surface area (Å²) in [7, 11) is 0. The van der Waals surface area contributed by atoms with Gasteiger partial charge in [0.05, 0.1) is 11.4 Å². The molecule has 2 rings (SSSR count). The van der Waals surface area contributed by atoms with E-state index in [1.165, 1.54) is 11.8 Å². The van der Waals surface area contributed by atoms with Crippen molar-refractivity contribution in [3.8, 4) is 5.75 Å². The van der Waals surface area contributed by atoms with Crippen LogP contribution in [0.3, 0.4) is 0 Å². The molecule has 0 unspecified atom stereocenters. The molecule has 17 heavy (non-hydrogen) atoms. The molecule has 3 N–H and O–H groups in total. The van der Waals surface area contributed by atoms with Gasteiger partial charge in [-0.2, -0.15) is 0 Å². The van der Waals surface area contributed by atoms with Crippen molar-refractivity contribution in [2.24, 2.45) is 0 Å². The molecule has 0 saturated carbocycles. The Kier molecular flexibility index (Phi) is 3.28. The molecular formula is C12H14N2O2S. The van der Waals surface area contributed by atoms with E-state index in [0.29, 0.717) is 16.7 Å².